The summed E-state index contributed by atoms with van der Waals surface area (Å²) < 4.78 is 0. The van der Waals surface area contributed by atoms with Gasteiger partial charge in [0.1, 0.15) is 6.04 Å². The van der Waals surface area contributed by atoms with Gasteiger partial charge in [-0.1, -0.05) is 0 Å². The number of aromatic nitrogens is 1. The van der Waals surface area contributed by atoms with Crippen LogP contribution in [0.25, 0.3) is 0 Å². The van der Waals surface area contributed by atoms with Crippen molar-refractivity contribution in [2.45, 2.75) is 26.3 Å². The minimum atomic E-state index is -1.16. The topological polar surface area (TPSA) is 119 Å². The standard InChI is InChI=1S/C10H13N3O4/c1-5-4-12-8(3-7(11)10(14)15)6(2)9(5)13(16)17/h4,7H,3,11H2,1-2H3,(H,14,15)/t7-/m1/s1. The average molecular weight is 239 g/mol. The summed E-state index contributed by atoms with van der Waals surface area (Å²) in [7, 11) is 0. The van der Waals surface area contributed by atoms with Gasteiger partial charge in [0.25, 0.3) is 5.69 Å². The highest BCUT2D eigenvalue weighted by atomic mass is 16.6. The summed E-state index contributed by atoms with van der Waals surface area (Å²) >= 11 is 0. The monoisotopic (exact) mass is 239 g/mol. The Hall–Kier alpha value is -2.02. The number of aliphatic carboxylic acids is 1. The van der Waals surface area contributed by atoms with Crippen molar-refractivity contribution < 1.29 is 14.8 Å². The Morgan fingerprint density at radius 2 is 2.24 bits per heavy atom. The van der Waals surface area contributed by atoms with Crippen LogP contribution in [0.15, 0.2) is 6.20 Å². The van der Waals surface area contributed by atoms with Gasteiger partial charge in [0.05, 0.1) is 10.6 Å². The molecule has 0 aliphatic heterocycles. The summed E-state index contributed by atoms with van der Waals surface area (Å²) in [4.78, 5) is 25.0. The summed E-state index contributed by atoms with van der Waals surface area (Å²) in [6.45, 7) is 3.13. The predicted molar refractivity (Wildman–Crippen MR) is 59.7 cm³/mol. The number of nitrogens with two attached hydrogens (primary N) is 1. The number of carboxylic acid groups (broad SMARTS) is 1. The number of aryl methyl sites for hydroxylation is 1. The fourth-order valence-electron chi connectivity index (χ4n) is 1.55. The van der Waals surface area contributed by atoms with Gasteiger partial charge >= 0.3 is 5.97 Å². The molecule has 0 aliphatic rings. The number of hydrogen-bond acceptors (Lipinski definition) is 5. The Morgan fingerprint density at radius 1 is 1.65 bits per heavy atom. The van der Waals surface area contributed by atoms with E-state index in [9.17, 15) is 14.9 Å². The molecule has 1 aromatic heterocycles. The molecule has 17 heavy (non-hydrogen) atoms. The van der Waals surface area contributed by atoms with Crippen LogP contribution in [-0.4, -0.2) is 27.0 Å². The van der Waals surface area contributed by atoms with Gasteiger partial charge in [0.2, 0.25) is 0 Å². The van der Waals surface area contributed by atoms with E-state index >= 15 is 0 Å². The van der Waals surface area contributed by atoms with Crippen molar-refractivity contribution in [2.75, 3.05) is 0 Å². The van der Waals surface area contributed by atoms with Crippen LogP contribution < -0.4 is 5.73 Å². The molecule has 1 aromatic rings. The van der Waals surface area contributed by atoms with Crippen LogP contribution in [0.1, 0.15) is 16.8 Å². The molecule has 3 N–H and O–H groups in total. The Kier molecular flexibility index (Phi) is 3.74. The van der Waals surface area contributed by atoms with Crippen molar-refractivity contribution in [3.63, 3.8) is 0 Å². The third-order valence-electron chi connectivity index (χ3n) is 2.49. The second kappa shape index (κ2) is 4.88. The van der Waals surface area contributed by atoms with Crippen LogP contribution in [0.2, 0.25) is 0 Å². The van der Waals surface area contributed by atoms with Crippen LogP contribution >= 0.6 is 0 Å². The normalized spacial score (nSPS) is 12.2. The maximum absolute atomic E-state index is 10.8. The summed E-state index contributed by atoms with van der Waals surface area (Å²) in [5.74, 6) is -1.16. The second-order valence-electron chi connectivity index (χ2n) is 3.77. The van der Waals surface area contributed by atoms with E-state index in [0.29, 0.717) is 16.8 Å². The second-order valence-corrected chi connectivity index (χ2v) is 3.77. The number of nitrogens with zero attached hydrogens (tertiary/aromatic N) is 2. The number of pyridine rings is 1. The molecule has 0 saturated carbocycles. The maximum Gasteiger partial charge on any atom is 0.320 e. The Morgan fingerprint density at radius 3 is 2.71 bits per heavy atom. The quantitative estimate of drug-likeness (QED) is 0.585. The van der Waals surface area contributed by atoms with Crippen molar-refractivity contribution in [3.05, 3.63) is 33.1 Å². The van der Waals surface area contributed by atoms with E-state index in [-0.39, 0.29) is 12.1 Å². The first-order valence-electron chi connectivity index (χ1n) is 4.92. The number of carbonyl (C=O) groups is 1. The molecule has 0 radical (unpaired) electrons. The molecular formula is C10H13N3O4. The average Bonchev–Trinajstić information content (AvgIpc) is 2.21. The van der Waals surface area contributed by atoms with Crippen LogP contribution in [0.4, 0.5) is 5.69 Å². The third kappa shape index (κ3) is 2.76. The lowest BCUT2D eigenvalue weighted by atomic mass is 10.0. The molecule has 92 valence electrons. The Labute approximate surface area is 97.4 Å². The van der Waals surface area contributed by atoms with E-state index < -0.39 is 16.9 Å². The zero-order valence-electron chi connectivity index (χ0n) is 9.51. The number of hydrogen-bond donors (Lipinski definition) is 2. The van der Waals surface area contributed by atoms with Crippen molar-refractivity contribution in [1.29, 1.82) is 0 Å². The fraction of sp³-hybridized carbons (Fsp3) is 0.400. The number of carboxylic acids is 1. The van der Waals surface area contributed by atoms with E-state index in [4.69, 9.17) is 10.8 Å². The largest absolute Gasteiger partial charge is 0.480 e. The van der Waals surface area contributed by atoms with Gasteiger partial charge < -0.3 is 10.8 Å². The van der Waals surface area contributed by atoms with Gasteiger partial charge in [-0.05, 0) is 13.8 Å². The molecule has 1 rings (SSSR count). The van der Waals surface area contributed by atoms with Gasteiger partial charge in [-0.3, -0.25) is 19.9 Å². The van der Waals surface area contributed by atoms with E-state index in [2.05, 4.69) is 4.98 Å². The third-order valence-corrected chi connectivity index (χ3v) is 2.49. The van der Waals surface area contributed by atoms with E-state index in [1.54, 1.807) is 13.8 Å². The molecular weight excluding hydrogens is 226 g/mol. The molecule has 0 aromatic carbocycles. The molecule has 0 aliphatic carbocycles. The van der Waals surface area contributed by atoms with E-state index in [1.165, 1.54) is 6.20 Å². The van der Waals surface area contributed by atoms with Crippen LogP contribution in [-0.2, 0) is 11.2 Å². The molecule has 1 atom stereocenters. The summed E-state index contributed by atoms with van der Waals surface area (Å²) in [5, 5.41) is 19.5. The summed E-state index contributed by atoms with van der Waals surface area (Å²) in [6, 6.07) is -1.11. The minimum Gasteiger partial charge on any atom is -0.480 e. The molecule has 0 amide bonds. The fourth-order valence-corrected chi connectivity index (χ4v) is 1.55. The Balaban J connectivity index is 3.15. The molecule has 0 fully saturated rings. The van der Waals surface area contributed by atoms with Crippen LogP contribution in [0.5, 0.6) is 0 Å². The molecule has 1 heterocycles. The van der Waals surface area contributed by atoms with Gasteiger partial charge in [-0.25, -0.2) is 0 Å². The number of nitro groups is 1. The molecule has 7 heteroatoms. The van der Waals surface area contributed by atoms with E-state index in [0.717, 1.165) is 0 Å². The molecule has 0 spiro atoms. The van der Waals surface area contributed by atoms with Gasteiger partial charge in [-0.2, -0.15) is 0 Å². The van der Waals surface area contributed by atoms with Crippen molar-refractivity contribution in [3.8, 4) is 0 Å². The number of rotatable bonds is 4. The minimum absolute atomic E-state index is 0.0255. The Bertz CT molecular complexity index is 473. The van der Waals surface area contributed by atoms with E-state index in [1.807, 2.05) is 0 Å². The zero-order valence-corrected chi connectivity index (χ0v) is 9.51. The predicted octanol–water partition coefficient (Wildman–Crippen LogP) is 0.561. The van der Waals surface area contributed by atoms with Gasteiger partial charge in [0.15, 0.2) is 0 Å². The highest BCUT2D eigenvalue weighted by Crippen LogP contribution is 2.24. The summed E-state index contributed by atoms with van der Waals surface area (Å²) in [5.41, 5.74) is 6.49. The van der Waals surface area contributed by atoms with Crippen LogP contribution in [0, 0.1) is 24.0 Å². The lowest BCUT2D eigenvalue weighted by molar-refractivity contribution is -0.386. The molecule has 0 saturated heterocycles. The molecule has 0 bridgehead atoms. The smallest absolute Gasteiger partial charge is 0.320 e. The first kappa shape index (κ1) is 13.0. The van der Waals surface area contributed by atoms with Crippen molar-refractivity contribution >= 4 is 11.7 Å². The zero-order chi connectivity index (χ0) is 13.2. The first-order chi connectivity index (χ1) is 7.84. The van der Waals surface area contributed by atoms with Gasteiger partial charge in [0, 0.05) is 23.7 Å². The highest BCUT2D eigenvalue weighted by Gasteiger charge is 2.21. The molecule has 7 nitrogen and oxygen atoms in total. The first-order valence-corrected chi connectivity index (χ1v) is 4.92. The highest BCUT2D eigenvalue weighted by molar-refractivity contribution is 5.73. The SMILES string of the molecule is Cc1cnc(C[C@@H](N)C(=O)O)c(C)c1[N+](=O)[O-]. The van der Waals surface area contributed by atoms with Crippen LogP contribution in [0.3, 0.4) is 0 Å². The maximum atomic E-state index is 10.8. The van der Waals surface area contributed by atoms with Gasteiger partial charge in [-0.15, -0.1) is 0 Å². The van der Waals surface area contributed by atoms with Crippen molar-refractivity contribution in [1.82, 2.24) is 4.98 Å². The summed E-state index contributed by atoms with van der Waals surface area (Å²) in [6.07, 6.45) is 1.33. The van der Waals surface area contributed by atoms with Crippen molar-refractivity contribution in [2.24, 2.45) is 5.73 Å². The lowest BCUT2D eigenvalue weighted by Gasteiger charge is -2.09. The lowest BCUT2D eigenvalue weighted by Crippen LogP contribution is -2.32. The molecule has 0 unspecified atom stereocenters.